The van der Waals surface area contributed by atoms with Crippen molar-refractivity contribution in [1.29, 1.82) is 0 Å². The van der Waals surface area contributed by atoms with Crippen LogP contribution < -0.4 is 0 Å². The molecular formula is C11H21Br. The lowest BCUT2D eigenvalue weighted by atomic mass is 9.87. The molecule has 0 saturated heterocycles. The zero-order valence-electron chi connectivity index (χ0n) is 8.41. The van der Waals surface area contributed by atoms with E-state index < -0.39 is 0 Å². The average Bonchev–Trinajstić information content (AvgIpc) is 2.12. The van der Waals surface area contributed by atoms with Crippen molar-refractivity contribution in [3.05, 3.63) is 12.7 Å². The van der Waals surface area contributed by atoms with E-state index in [4.69, 9.17) is 0 Å². The molecule has 0 aliphatic heterocycles. The maximum Gasteiger partial charge on any atom is 0.0120 e. The summed E-state index contributed by atoms with van der Waals surface area (Å²) in [4.78, 5) is 0. The Labute approximate surface area is 85.6 Å². The molecule has 0 rings (SSSR count). The van der Waals surface area contributed by atoms with Crippen molar-refractivity contribution in [2.24, 2.45) is 5.41 Å². The number of rotatable bonds is 7. The van der Waals surface area contributed by atoms with Gasteiger partial charge in [-0.1, -0.05) is 61.5 Å². The van der Waals surface area contributed by atoms with E-state index in [0.29, 0.717) is 5.41 Å². The summed E-state index contributed by atoms with van der Waals surface area (Å²) in [6, 6.07) is 0. The number of hydrogen-bond donors (Lipinski definition) is 0. The van der Waals surface area contributed by atoms with Gasteiger partial charge in [-0.25, -0.2) is 0 Å². The zero-order chi connectivity index (χ0) is 9.45. The van der Waals surface area contributed by atoms with Crippen molar-refractivity contribution in [2.75, 3.05) is 5.33 Å². The predicted molar refractivity (Wildman–Crippen MR) is 60.9 cm³/mol. The zero-order valence-corrected chi connectivity index (χ0v) is 9.99. The molecule has 0 heterocycles. The number of unbranched alkanes of at least 4 members (excludes halogenated alkanes) is 3. The average molecular weight is 233 g/mol. The summed E-state index contributed by atoms with van der Waals surface area (Å²) in [6.07, 6.45) is 8.74. The van der Waals surface area contributed by atoms with Crippen molar-refractivity contribution in [1.82, 2.24) is 0 Å². The summed E-state index contributed by atoms with van der Waals surface area (Å²) in [5, 5.41) is 1.04. The van der Waals surface area contributed by atoms with Crippen LogP contribution in [0.2, 0.25) is 0 Å². The maximum atomic E-state index is 3.87. The molecule has 0 nitrogen and oxygen atoms in total. The van der Waals surface area contributed by atoms with Crippen molar-refractivity contribution in [2.45, 2.75) is 46.0 Å². The van der Waals surface area contributed by atoms with Gasteiger partial charge < -0.3 is 0 Å². The normalized spacial score (nSPS) is 15.6. The minimum atomic E-state index is 0.313. The van der Waals surface area contributed by atoms with Crippen LogP contribution in [0, 0.1) is 5.41 Å². The van der Waals surface area contributed by atoms with Crippen LogP contribution in [0.15, 0.2) is 12.7 Å². The SMILES string of the molecule is C=CC(C)(CBr)CCCCCC. The highest BCUT2D eigenvalue weighted by molar-refractivity contribution is 9.09. The van der Waals surface area contributed by atoms with Crippen LogP contribution in [-0.4, -0.2) is 5.33 Å². The third-order valence-corrected chi connectivity index (χ3v) is 3.68. The Morgan fingerprint density at radius 3 is 2.42 bits per heavy atom. The van der Waals surface area contributed by atoms with E-state index in [1.165, 1.54) is 32.1 Å². The molecule has 0 aliphatic rings. The Kier molecular flexibility index (Phi) is 6.83. The molecule has 0 aromatic rings. The first-order valence-corrected chi connectivity index (χ1v) is 6.00. The molecule has 72 valence electrons. The first-order valence-electron chi connectivity index (χ1n) is 4.88. The topological polar surface area (TPSA) is 0 Å². The quantitative estimate of drug-likeness (QED) is 0.344. The Morgan fingerprint density at radius 2 is 2.00 bits per heavy atom. The number of halogens is 1. The lowest BCUT2D eigenvalue weighted by molar-refractivity contribution is 0.421. The smallest absolute Gasteiger partial charge is 0.0120 e. The van der Waals surface area contributed by atoms with Crippen molar-refractivity contribution in [3.63, 3.8) is 0 Å². The van der Waals surface area contributed by atoms with Gasteiger partial charge >= 0.3 is 0 Å². The van der Waals surface area contributed by atoms with Crippen LogP contribution in [0.25, 0.3) is 0 Å². The molecule has 0 aromatic carbocycles. The Morgan fingerprint density at radius 1 is 1.33 bits per heavy atom. The van der Waals surface area contributed by atoms with Crippen molar-refractivity contribution in [3.8, 4) is 0 Å². The molecule has 0 spiro atoms. The van der Waals surface area contributed by atoms with Crippen LogP contribution in [0.1, 0.15) is 46.0 Å². The fourth-order valence-electron chi connectivity index (χ4n) is 1.18. The second-order valence-corrected chi connectivity index (χ2v) is 4.36. The van der Waals surface area contributed by atoms with Gasteiger partial charge in [0.25, 0.3) is 0 Å². The molecule has 0 fully saturated rings. The molecule has 0 N–H and O–H groups in total. The highest BCUT2D eigenvalue weighted by atomic mass is 79.9. The van der Waals surface area contributed by atoms with Gasteiger partial charge in [0.2, 0.25) is 0 Å². The predicted octanol–water partition coefficient (Wildman–Crippen LogP) is 4.54. The second kappa shape index (κ2) is 6.71. The molecule has 0 bridgehead atoms. The molecule has 1 heteroatoms. The van der Waals surface area contributed by atoms with Gasteiger partial charge in [-0.05, 0) is 11.8 Å². The van der Waals surface area contributed by atoms with E-state index in [-0.39, 0.29) is 0 Å². The number of alkyl halides is 1. The van der Waals surface area contributed by atoms with Crippen LogP contribution in [-0.2, 0) is 0 Å². The molecule has 12 heavy (non-hydrogen) atoms. The highest BCUT2D eigenvalue weighted by Crippen LogP contribution is 2.27. The molecule has 1 unspecified atom stereocenters. The number of allylic oxidation sites excluding steroid dienone is 1. The summed E-state index contributed by atoms with van der Waals surface area (Å²) in [7, 11) is 0. The maximum absolute atomic E-state index is 3.87. The monoisotopic (exact) mass is 232 g/mol. The van der Waals surface area contributed by atoms with E-state index in [0.717, 1.165) is 5.33 Å². The van der Waals surface area contributed by atoms with Gasteiger partial charge in [-0.3, -0.25) is 0 Å². The molecule has 0 amide bonds. The Bertz CT molecular complexity index is 120. The van der Waals surface area contributed by atoms with E-state index in [9.17, 15) is 0 Å². The van der Waals surface area contributed by atoms with E-state index in [1.807, 2.05) is 0 Å². The molecule has 0 aromatic heterocycles. The lowest BCUT2D eigenvalue weighted by Crippen LogP contribution is -2.14. The summed E-state index contributed by atoms with van der Waals surface area (Å²) >= 11 is 3.53. The van der Waals surface area contributed by atoms with E-state index in [2.05, 4.69) is 42.4 Å². The van der Waals surface area contributed by atoms with Gasteiger partial charge in [0, 0.05) is 5.33 Å². The lowest BCUT2D eigenvalue weighted by Gasteiger charge is -2.22. The van der Waals surface area contributed by atoms with Gasteiger partial charge in [-0.15, -0.1) is 6.58 Å². The van der Waals surface area contributed by atoms with Crippen LogP contribution in [0.3, 0.4) is 0 Å². The fourth-order valence-corrected chi connectivity index (χ4v) is 1.69. The van der Waals surface area contributed by atoms with E-state index in [1.54, 1.807) is 0 Å². The first kappa shape index (κ1) is 12.2. The summed E-state index contributed by atoms with van der Waals surface area (Å²) < 4.78 is 0. The molecular weight excluding hydrogens is 212 g/mol. The van der Waals surface area contributed by atoms with Gasteiger partial charge in [0.1, 0.15) is 0 Å². The first-order chi connectivity index (χ1) is 5.68. The Balaban J connectivity index is 3.51. The van der Waals surface area contributed by atoms with Crippen LogP contribution >= 0.6 is 15.9 Å². The minimum absolute atomic E-state index is 0.313. The molecule has 1 atom stereocenters. The fraction of sp³-hybridized carbons (Fsp3) is 0.818. The standard InChI is InChI=1S/C11H21Br/c1-4-6-7-8-9-11(3,5-2)10-12/h5H,2,4,6-10H2,1,3H3. The molecule has 0 aliphatic carbocycles. The van der Waals surface area contributed by atoms with Crippen LogP contribution in [0.4, 0.5) is 0 Å². The second-order valence-electron chi connectivity index (χ2n) is 3.80. The van der Waals surface area contributed by atoms with E-state index >= 15 is 0 Å². The van der Waals surface area contributed by atoms with Crippen molar-refractivity contribution >= 4 is 15.9 Å². The summed E-state index contributed by atoms with van der Waals surface area (Å²) in [5.41, 5.74) is 0.313. The van der Waals surface area contributed by atoms with Crippen LogP contribution in [0.5, 0.6) is 0 Å². The Hall–Kier alpha value is 0.220. The third-order valence-electron chi connectivity index (χ3n) is 2.40. The third kappa shape index (κ3) is 4.97. The number of hydrogen-bond acceptors (Lipinski definition) is 0. The highest BCUT2D eigenvalue weighted by Gasteiger charge is 2.17. The minimum Gasteiger partial charge on any atom is -0.103 e. The van der Waals surface area contributed by atoms with Gasteiger partial charge in [-0.2, -0.15) is 0 Å². The van der Waals surface area contributed by atoms with Crippen molar-refractivity contribution < 1.29 is 0 Å². The largest absolute Gasteiger partial charge is 0.103 e. The molecule has 0 saturated carbocycles. The summed E-state index contributed by atoms with van der Waals surface area (Å²) in [6.45, 7) is 8.38. The van der Waals surface area contributed by atoms with Gasteiger partial charge in [0.05, 0.1) is 0 Å². The molecule has 0 radical (unpaired) electrons. The van der Waals surface area contributed by atoms with Gasteiger partial charge in [0.15, 0.2) is 0 Å². The summed E-state index contributed by atoms with van der Waals surface area (Å²) in [5.74, 6) is 0.